The maximum atomic E-state index is 12.6. The minimum atomic E-state index is -0.319. The number of allylic oxidation sites excluding steroid dienone is 1. The molecule has 0 saturated heterocycles. The second-order valence-electron chi connectivity index (χ2n) is 6.93. The van der Waals surface area contributed by atoms with Crippen molar-refractivity contribution in [3.63, 3.8) is 0 Å². The molecule has 4 rings (SSSR count). The van der Waals surface area contributed by atoms with Crippen LogP contribution in [0.15, 0.2) is 64.3 Å². The van der Waals surface area contributed by atoms with Crippen molar-refractivity contribution in [1.82, 2.24) is 4.98 Å². The Hall–Kier alpha value is -3.20. The van der Waals surface area contributed by atoms with E-state index in [1.165, 1.54) is 6.08 Å². The molecule has 0 saturated carbocycles. The van der Waals surface area contributed by atoms with Gasteiger partial charge in [0.05, 0.1) is 22.7 Å². The Bertz CT molecular complexity index is 1200. The van der Waals surface area contributed by atoms with Gasteiger partial charge in [0.1, 0.15) is 5.15 Å². The maximum absolute atomic E-state index is 12.6. The highest BCUT2D eigenvalue weighted by Gasteiger charge is 2.33. The number of aliphatic hydroxyl groups excluding tert-OH is 1. The summed E-state index contributed by atoms with van der Waals surface area (Å²) in [7, 11) is 0. The van der Waals surface area contributed by atoms with Crippen molar-refractivity contribution in [2.75, 3.05) is 24.6 Å². The third kappa shape index (κ3) is 4.38. The Kier molecular flexibility index (Phi) is 6.55. The number of aromatic nitrogens is 1. The Balaban J connectivity index is 1.52. The predicted molar refractivity (Wildman–Crippen MR) is 126 cm³/mol. The molecular formula is C23H19ClN4O3S. The SMILES string of the molecule is CCN(CCO)c1ccc(N=Nc2nc(Cl)c(C=C3C(=O)c4ccccc4C3=O)s2)cc1. The number of carbonyl (C=O) groups is 2. The molecule has 32 heavy (non-hydrogen) atoms. The topological polar surface area (TPSA) is 95.2 Å². The molecule has 1 aliphatic carbocycles. The lowest BCUT2D eigenvalue weighted by atomic mass is 10.1. The largest absolute Gasteiger partial charge is 0.395 e. The van der Waals surface area contributed by atoms with Gasteiger partial charge >= 0.3 is 0 Å². The standard InChI is InChI=1S/C23H19ClN4O3S/c1-2-28(11-12-29)15-9-7-14(8-10-15)26-27-23-25-22(24)19(32-23)13-18-20(30)16-5-3-4-6-17(16)21(18)31/h3-10,13,29H,2,11-12H2,1H3. The van der Waals surface area contributed by atoms with E-state index in [0.29, 0.717) is 33.4 Å². The van der Waals surface area contributed by atoms with E-state index in [1.54, 1.807) is 24.3 Å². The summed E-state index contributed by atoms with van der Waals surface area (Å²) in [6.45, 7) is 3.45. The fraction of sp³-hybridized carbons (Fsp3) is 0.174. The third-order valence-electron chi connectivity index (χ3n) is 5.00. The number of thiazole rings is 1. The van der Waals surface area contributed by atoms with Gasteiger partial charge in [0.15, 0.2) is 11.6 Å². The van der Waals surface area contributed by atoms with Gasteiger partial charge in [-0.3, -0.25) is 9.59 Å². The van der Waals surface area contributed by atoms with Gasteiger partial charge in [0.25, 0.3) is 0 Å². The number of Topliss-reactive ketones (excluding diaryl/α,β-unsaturated/α-hetero) is 2. The summed E-state index contributed by atoms with van der Waals surface area (Å²) < 4.78 is 0. The zero-order valence-electron chi connectivity index (χ0n) is 17.2. The first-order valence-corrected chi connectivity index (χ1v) is 11.1. The molecule has 2 aromatic carbocycles. The number of hydrogen-bond donors (Lipinski definition) is 1. The van der Waals surface area contributed by atoms with E-state index in [1.807, 2.05) is 36.1 Å². The molecule has 0 amide bonds. The van der Waals surface area contributed by atoms with Crippen LogP contribution < -0.4 is 4.90 Å². The van der Waals surface area contributed by atoms with Gasteiger partial charge in [-0.05, 0) is 37.3 Å². The van der Waals surface area contributed by atoms with Crippen LogP contribution in [0.4, 0.5) is 16.5 Å². The summed E-state index contributed by atoms with van der Waals surface area (Å²) in [5, 5.41) is 17.9. The van der Waals surface area contributed by atoms with Crippen LogP contribution in [-0.4, -0.2) is 41.4 Å². The molecule has 1 N–H and O–H groups in total. The van der Waals surface area contributed by atoms with Crippen LogP contribution in [-0.2, 0) is 0 Å². The lowest BCUT2D eigenvalue weighted by Crippen LogP contribution is -2.25. The summed E-state index contributed by atoms with van der Waals surface area (Å²) in [6, 6.07) is 14.2. The normalized spacial score (nSPS) is 13.2. The van der Waals surface area contributed by atoms with Gasteiger partial charge in [0, 0.05) is 29.9 Å². The number of rotatable bonds is 7. The van der Waals surface area contributed by atoms with E-state index in [2.05, 4.69) is 15.2 Å². The first kappa shape index (κ1) is 22.0. The van der Waals surface area contributed by atoms with Crippen molar-refractivity contribution in [3.8, 4) is 0 Å². The molecule has 162 valence electrons. The van der Waals surface area contributed by atoms with Gasteiger partial charge in [-0.1, -0.05) is 47.2 Å². The number of anilines is 1. The average Bonchev–Trinajstić information content (AvgIpc) is 3.29. The molecule has 9 heteroatoms. The van der Waals surface area contributed by atoms with Gasteiger partial charge in [0.2, 0.25) is 5.13 Å². The van der Waals surface area contributed by atoms with Crippen molar-refractivity contribution in [2.45, 2.75) is 6.92 Å². The first-order valence-electron chi connectivity index (χ1n) is 9.96. The number of hydrogen-bond acceptors (Lipinski definition) is 8. The fourth-order valence-electron chi connectivity index (χ4n) is 3.39. The zero-order valence-corrected chi connectivity index (χ0v) is 18.7. The van der Waals surface area contributed by atoms with Crippen molar-refractivity contribution < 1.29 is 14.7 Å². The first-order chi connectivity index (χ1) is 15.5. The lowest BCUT2D eigenvalue weighted by molar-refractivity contribution is 0.0990. The number of carbonyl (C=O) groups excluding carboxylic acids is 2. The number of aliphatic hydroxyl groups is 1. The maximum Gasteiger partial charge on any atom is 0.231 e. The summed E-state index contributed by atoms with van der Waals surface area (Å²) in [5.41, 5.74) is 2.48. The Morgan fingerprint density at radius 2 is 1.72 bits per heavy atom. The summed E-state index contributed by atoms with van der Waals surface area (Å²) in [4.78, 5) is 31.8. The van der Waals surface area contributed by atoms with Gasteiger partial charge < -0.3 is 10.0 Å². The van der Waals surface area contributed by atoms with Crippen LogP contribution in [0, 0.1) is 0 Å². The number of likely N-dealkylation sites (N-methyl/N-ethyl adjacent to an activating group) is 1. The van der Waals surface area contributed by atoms with Crippen LogP contribution in [0.25, 0.3) is 6.08 Å². The molecule has 0 fully saturated rings. The molecule has 1 aliphatic rings. The minimum absolute atomic E-state index is 0.0687. The molecule has 0 radical (unpaired) electrons. The molecule has 0 spiro atoms. The van der Waals surface area contributed by atoms with Gasteiger partial charge in [-0.2, -0.15) is 0 Å². The number of ketones is 2. The highest BCUT2D eigenvalue weighted by atomic mass is 35.5. The van der Waals surface area contributed by atoms with Crippen molar-refractivity contribution in [1.29, 1.82) is 0 Å². The summed E-state index contributed by atoms with van der Waals surface area (Å²) >= 11 is 7.36. The lowest BCUT2D eigenvalue weighted by Gasteiger charge is -2.21. The van der Waals surface area contributed by atoms with Crippen molar-refractivity contribution in [2.24, 2.45) is 10.2 Å². The number of fused-ring (bicyclic) bond motifs is 1. The summed E-state index contributed by atoms with van der Waals surface area (Å²) in [6.07, 6.45) is 1.47. The second kappa shape index (κ2) is 9.52. The van der Waals surface area contributed by atoms with Crippen LogP contribution in [0.2, 0.25) is 5.15 Å². The molecule has 0 bridgehead atoms. The van der Waals surface area contributed by atoms with Crippen LogP contribution in [0.1, 0.15) is 32.5 Å². The number of nitrogens with zero attached hydrogens (tertiary/aromatic N) is 4. The van der Waals surface area contributed by atoms with E-state index in [4.69, 9.17) is 16.7 Å². The monoisotopic (exact) mass is 466 g/mol. The number of azo groups is 1. The highest BCUT2D eigenvalue weighted by molar-refractivity contribution is 7.16. The van der Waals surface area contributed by atoms with Crippen LogP contribution in [0.5, 0.6) is 0 Å². The molecule has 0 aliphatic heterocycles. The van der Waals surface area contributed by atoms with E-state index in [9.17, 15) is 9.59 Å². The molecule has 1 aromatic heterocycles. The fourth-order valence-corrected chi connectivity index (χ4v) is 4.41. The average molecular weight is 467 g/mol. The van der Waals surface area contributed by atoms with E-state index in [-0.39, 0.29) is 28.9 Å². The van der Waals surface area contributed by atoms with E-state index >= 15 is 0 Å². The predicted octanol–water partition coefficient (Wildman–Crippen LogP) is 5.49. The molecule has 3 aromatic rings. The Morgan fingerprint density at radius 1 is 1.06 bits per heavy atom. The van der Waals surface area contributed by atoms with Gasteiger partial charge in [-0.15, -0.1) is 10.2 Å². The molecule has 0 unspecified atom stereocenters. The third-order valence-corrected chi connectivity index (χ3v) is 6.28. The number of halogens is 1. The number of benzene rings is 2. The van der Waals surface area contributed by atoms with E-state index in [0.717, 1.165) is 23.6 Å². The van der Waals surface area contributed by atoms with Crippen molar-refractivity contribution >= 4 is 57.1 Å². The van der Waals surface area contributed by atoms with Crippen LogP contribution >= 0.6 is 22.9 Å². The van der Waals surface area contributed by atoms with Crippen LogP contribution in [0.3, 0.4) is 0 Å². The molecule has 1 heterocycles. The smallest absolute Gasteiger partial charge is 0.231 e. The van der Waals surface area contributed by atoms with E-state index < -0.39 is 0 Å². The zero-order chi connectivity index (χ0) is 22.7. The Morgan fingerprint density at radius 3 is 2.31 bits per heavy atom. The molecule has 7 nitrogen and oxygen atoms in total. The second-order valence-corrected chi connectivity index (χ2v) is 8.30. The van der Waals surface area contributed by atoms with Gasteiger partial charge in [-0.25, -0.2) is 4.98 Å². The summed E-state index contributed by atoms with van der Waals surface area (Å²) in [5.74, 6) is -0.638. The minimum Gasteiger partial charge on any atom is -0.395 e. The molecule has 0 atom stereocenters. The quantitative estimate of drug-likeness (QED) is 0.282. The van der Waals surface area contributed by atoms with Crippen molar-refractivity contribution in [3.05, 3.63) is 75.3 Å². The molecular weight excluding hydrogens is 448 g/mol. The Labute approximate surface area is 193 Å². The highest BCUT2D eigenvalue weighted by Crippen LogP contribution is 2.35.